The zero-order valence-electron chi connectivity index (χ0n) is 17.1. The summed E-state index contributed by atoms with van der Waals surface area (Å²) in [4.78, 5) is 22.4. The number of hydrazone groups is 1. The van der Waals surface area contributed by atoms with Gasteiger partial charge in [-0.25, -0.2) is 10.2 Å². The fraction of sp³-hybridized carbons (Fsp3) is 0.500. The fourth-order valence-electron chi connectivity index (χ4n) is 3.17. The van der Waals surface area contributed by atoms with Gasteiger partial charge in [-0.15, -0.1) is 0 Å². The maximum Gasteiger partial charge on any atom is 0.490 e. The molecule has 15 heteroatoms. The molecule has 1 fully saturated rings. The maximum atomic E-state index is 13.5. The smallest absolute Gasteiger partial charge is 0.484 e. The van der Waals surface area contributed by atoms with Crippen LogP contribution in [0.5, 0.6) is 11.5 Å². The largest absolute Gasteiger partial charge is 0.490 e. The van der Waals surface area contributed by atoms with Crippen molar-refractivity contribution in [3.63, 3.8) is 0 Å². The number of alkyl halides is 6. The van der Waals surface area contributed by atoms with E-state index in [1.165, 1.54) is 6.07 Å². The number of nitrogens with one attached hydrogen (secondary N) is 2. The standard InChI is InChI=1S/C16H17F3N4O3.C2HF3O2/c1-8-14(24)22-21-13-5-25-12-3-9(16(17,18)19)11(4-10(12)23(8)13)26-15(2)6-20-7-15;3-2(4,5)1(6)7/h3-4,8,20H,5-7H2,1-2H3,(H,22,24);(H,6,7). The van der Waals surface area contributed by atoms with Crippen molar-refractivity contribution in [2.45, 2.75) is 37.8 Å². The van der Waals surface area contributed by atoms with Crippen LogP contribution in [0, 0.1) is 0 Å². The Hall–Kier alpha value is -3.23. The van der Waals surface area contributed by atoms with Crippen LogP contribution in [0.4, 0.5) is 32.0 Å². The third-order valence-corrected chi connectivity index (χ3v) is 4.92. The van der Waals surface area contributed by atoms with Crippen molar-refractivity contribution < 1.29 is 50.5 Å². The second kappa shape index (κ2) is 8.28. The van der Waals surface area contributed by atoms with E-state index >= 15 is 0 Å². The number of hydrogen-bond acceptors (Lipinski definition) is 7. The number of carbonyl (C=O) groups is 2. The summed E-state index contributed by atoms with van der Waals surface area (Å²) in [6, 6.07) is 1.58. The van der Waals surface area contributed by atoms with E-state index in [1.54, 1.807) is 18.7 Å². The summed E-state index contributed by atoms with van der Waals surface area (Å²) in [5, 5.41) is 14.0. The highest BCUT2D eigenvalue weighted by Gasteiger charge is 2.43. The Bertz CT molecular complexity index is 990. The third kappa shape index (κ3) is 5.07. The topological polar surface area (TPSA) is 112 Å². The van der Waals surface area contributed by atoms with Gasteiger partial charge in [-0.2, -0.15) is 31.4 Å². The summed E-state index contributed by atoms with van der Waals surface area (Å²) in [5.74, 6) is -2.93. The molecule has 1 aromatic rings. The molecule has 3 aliphatic rings. The summed E-state index contributed by atoms with van der Waals surface area (Å²) in [6.45, 7) is 4.26. The molecule has 3 aliphatic heterocycles. The molecular formula is C18H18F6N4O5. The molecule has 1 saturated heterocycles. The average Bonchev–Trinajstić information content (AvgIpc) is 2.67. The van der Waals surface area contributed by atoms with Crippen LogP contribution in [0.2, 0.25) is 0 Å². The Balaban J connectivity index is 0.000000383. The van der Waals surface area contributed by atoms with Gasteiger partial charge >= 0.3 is 18.3 Å². The van der Waals surface area contributed by atoms with E-state index in [9.17, 15) is 31.1 Å². The van der Waals surface area contributed by atoms with Crippen LogP contribution in [0.1, 0.15) is 19.4 Å². The number of carboxylic acids is 1. The van der Waals surface area contributed by atoms with E-state index in [0.717, 1.165) is 6.07 Å². The van der Waals surface area contributed by atoms with Crippen molar-refractivity contribution in [1.82, 2.24) is 10.7 Å². The number of hydrogen-bond donors (Lipinski definition) is 3. The van der Waals surface area contributed by atoms with E-state index in [1.807, 2.05) is 0 Å². The average molecular weight is 484 g/mol. The lowest BCUT2D eigenvalue weighted by atomic mass is 9.99. The summed E-state index contributed by atoms with van der Waals surface area (Å²) in [5.41, 5.74) is 1.09. The molecule has 0 radical (unpaired) electrons. The number of anilines is 1. The van der Waals surface area contributed by atoms with E-state index in [-0.39, 0.29) is 24.0 Å². The van der Waals surface area contributed by atoms with Crippen molar-refractivity contribution in [3.05, 3.63) is 17.7 Å². The molecule has 1 unspecified atom stereocenters. The first-order chi connectivity index (χ1) is 15.1. The van der Waals surface area contributed by atoms with Gasteiger partial charge in [0.1, 0.15) is 35.3 Å². The Kier molecular flexibility index (Phi) is 6.12. The molecule has 0 aromatic heterocycles. The molecule has 3 heterocycles. The summed E-state index contributed by atoms with van der Waals surface area (Å²) >= 11 is 0. The van der Waals surface area contributed by atoms with Crippen LogP contribution in [0.25, 0.3) is 0 Å². The molecule has 1 amide bonds. The minimum absolute atomic E-state index is 0.0310. The molecule has 0 spiro atoms. The van der Waals surface area contributed by atoms with Gasteiger partial charge in [0.05, 0.1) is 5.69 Å². The minimum Gasteiger partial charge on any atom is -0.484 e. The molecule has 1 aromatic carbocycles. The van der Waals surface area contributed by atoms with Gasteiger partial charge in [0.25, 0.3) is 5.91 Å². The normalized spacial score (nSPS) is 21.1. The van der Waals surface area contributed by atoms with E-state index in [0.29, 0.717) is 24.6 Å². The van der Waals surface area contributed by atoms with Gasteiger partial charge in [-0.1, -0.05) is 0 Å². The molecular weight excluding hydrogens is 466 g/mol. The fourth-order valence-corrected chi connectivity index (χ4v) is 3.17. The van der Waals surface area contributed by atoms with Crippen molar-refractivity contribution in [3.8, 4) is 11.5 Å². The van der Waals surface area contributed by atoms with Gasteiger partial charge in [0.2, 0.25) is 0 Å². The number of nitrogens with zero attached hydrogens (tertiary/aromatic N) is 2. The number of carbonyl (C=O) groups excluding carboxylic acids is 1. The SMILES string of the molecule is CC1C(=O)NN=C2COc3cc(C(F)(F)F)c(OC4(C)CNC4)cc3N21.O=C(O)C(F)(F)F. The van der Waals surface area contributed by atoms with Crippen molar-refractivity contribution in [1.29, 1.82) is 0 Å². The highest BCUT2D eigenvalue weighted by atomic mass is 19.4. The second-order valence-electron chi connectivity index (χ2n) is 7.61. The van der Waals surface area contributed by atoms with Crippen LogP contribution in [0.3, 0.4) is 0 Å². The monoisotopic (exact) mass is 484 g/mol. The zero-order chi connectivity index (χ0) is 24.8. The van der Waals surface area contributed by atoms with E-state index < -0.39 is 35.5 Å². The first kappa shape index (κ1) is 24.4. The van der Waals surface area contributed by atoms with Crippen molar-refractivity contribution in [2.75, 3.05) is 24.6 Å². The van der Waals surface area contributed by atoms with Crippen molar-refractivity contribution in [2.24, 2.45) is 5.10 Å². The summed E-state index contributed by atoms with van der Waals surface area (Å²) < 4.78 is 83.5. The van der Waals surface area contributed by atoms with Crippen molar-refractivity contribution >= 4 is 23.4 Å². The lowest BCUT2D eigenvalue weighted by molar-refractivity contribution is -0.192. The number of benzene rings is 1. The molecule has 4 rings (SSSR count). The first-order valence-electron chi connectivity index (χ1n) is 9.36. The molecule has 1 atom stereocenters. The molecule has 9 nitrogen and oxygen atoms in total. The first-order valence-corrected chi connectivity index (χ1v) is 9.36. The quantitative estimate of drug-likeness (QED) is 0.552. The molecule has 33 heavy (non-hydrogen) atoms. The molecule has 0 saturated carbocycles. The van der Waals surface area contributed by atoms with Crippen LogP contribution < -0.4 is 25.1 Å². The molecule has 0 aliphatic carbocycles. The minimum atomic E-state index is -5.08. The molecule has 182 valence electrons. The van der Waals surface area contributed by atoms with E-state index in [4.69, 9.17) is 19.4 Å². The van der Waals surface area contributed by atoms with Gasteiger partial charge in [0.15, 0.2) is 5.84 Å². The van der Waals surface area contributed by atoms with Gasteiger partial charge in [-0.05, 0) is 19.9 Å². The maximum absolute atomic E-state index is 13.5. The Morgan fingerprint density at radius 3 is 2.36 bits per heavy atom. The lowest BCUT2D eigenvalue weighted by Crippen LogP contribution is -2.61. The highest BCUT2D eigenvalue weighted by molar-refractivity contribution is 6.09. The van der Waals surface area contributed by atoms with Crippen LogP contribution in [-0.2, 0) is 15.8 Å². The Labute approximate surface area is 182 Å². The second-order valence-corrected chi connectivity index (χ2v) is 7.61. The number of halogens is 6. The predicted octanol–water partition coefficient (Wildman–Crippen LogP) is 2.11. The van der Waals surface area contributed by atoms with Crippen LogP contribution in [0.15, 0.2) is 17.2 Å². The number of carboxylic acid groups (broad SMARTS) is 1. The summed E-state index contributed by atoms with van der Waals surface area (Å²) in [6.07, 6.45) is -9.68. The van der Waals surface area contributed by atoms with E-state index in [2.05, 4.69) is 15.8 Å². The summed E-state index contributed by atoms with van der Waals surface area (Å²) in [7, 11) is 0. The third-order valence-electron chi connectivity index (χ3n) is 4.92. The van der Waals surface area contributed by atoms with Gasteiger partial charge in [0, 0.05) is 19.2 Å². The number of ether oxygens (including phenoxy) is 2. The van der Waals surface area contributed by atoms with Gasteiger partial charge < -0.3 is 24.8 Å². The highest BCUT2D eigenvalue weighted by Crippen LogP contribution is 2.46. The number of fused-ring (bicyclic) bond motifs is 3. The molecule has 3 N–H and O–H groups in total. The Morgan fingerprint density at radius 2 is 1.88 bits per heavy atom. The van der Waals surface area contributed by atoms with Crippen LogP contribution in [-0.4, -0.2) is 60.3 Å². The number of amides is 1. The number of aliphatic carboxylic acids is 1. The number of amidine groups is 1. The van der Waals surface area contributed by atoms with Crippen LogP contribution >= 0.6 is 0 Å². The Morgan fingerprint density at radius 1 is 1.27 bits per heavy atom. The van der Waals surface area contributed by atoms with Gasteiger partial charge in [-0.3, -0.25) is 4.79 Å². The molecule has 0 bridgehead atoms. The zero-order valence-corrected chi connectivity index (χ0v) is 17.1. The number of rotatable bonds is 2. The predicted molar refractivity (Wildman–Crippen MR) is 100 cm³/mol. The lowest BCUT2D eigenvalue weighted by Gasteiger charge is -2.41.